The monoisotopic (exact) mass is 333 g/mol. The van der Waals surface area contributed by atoms with Crippen LogP contribution >= 0.6 is 0 Å². The van der Waals surface area contributed by atoms with Crippen LogP contribution in [-0.4, -0.2) is 34.3 Å². The van der Waals surface area contributed by atoms with Crippen LogP contribution < -0.4 is 0 Å². The number of hydrogen-bond donors (Lipinski definition) is 2. The molecule has 0 aromatic heterocycles. The predicted molar refractivity (Wildman–Crippen MR) is 101 cm³/mol. The topological polar surface area (TPSA) is 43.7 Å². The van der Waals surface area contributed by atoms with Crippen molar-refractivity contribution in [2.75, 3.05) is 13.2 Å². The van der Waals surface area contributed by atoms with Crippen LogP contribution in [0, 0.1) is 0 Å². The van der Waals surface area contributed by atoms with Crippen molar-refractivity contribution in [3.8, 4) is 5.75 Å². The standard InChI is InChI=1S/C22H23NO2/c24-15-18-10-6-14-23(18)22(17-8-2-1-3-9-17)21-19-11-5-4-7-16(19)12-13-20(21)25/h1-5,7-9,11-13,18,22,24-25H,6,10,14-15H2/t18-,22-/m0/s1. The molecule has 1 heterocycles. The van der Waals surface area contributed by atoms with Crippen molar-refractivity contribution in [3.05, 3.63) is 77.9 Å². The molecular formula is C22H23NO2. The minimum Gasteiger partial charge on any atom is -0.508 e. The van der Waals surface area contributed by atoms with Crippen molar-refractivity contribution in [3.63, 3.8) is 0 Å². The minimum atomic E-state index is -0.0630. The van der Waals surface area contributed by atoms with Crippen LogP contribution in [0.4, 0.5) is 0 Å². The molecule has 1 fully saturated rings. The summed E-state index contributed by atoms with van der Waals surface area (Å²) < 4.78 is 0. The van der Waals surface area contributed by atoms with Gasteiger partial charge in [0.15, 0.2) is 0 Å². The number of fused-ring (bicyclic) bond motifs is 1. The summed E-state index contributed by atoms with van der Waals surface area (Å²) in [5.74, 6) is 0.316. The van der Waals surface area contributed by atoms with Crippen LogP contribution in [0.5, 0.6) is 5.75 Å². The van der Waals surface area contributed by atoms with Crippen LogP contribution in [0.2, 0.25) is 0 Å². The zero-order valence-corrected chi connectivity index (χ0v) is 14.2. The molecule has 3 heteroatoms. The van der Waals surface area contributed by atoms with E-state index in [1.807, 2.05) is 36.4 Å². The first kappa shape index (κ1) is 16.1. The Labute approximate surface area is 148 Å². The van der Waals surface area contributed by atoms with E-state index in [9.17, 15) is 10.2 Å². The van der Waals surface area contributed by atoms with Crippen LogP contribution in [-0.2, 0) is 0 Å². The van der Waals surface area contributed by atoms with Crippen molar-refractivity contribution in [2.24, 2.45) is 0 Å². The molecular weight excluding hydrogens is 310 g/mol. The lowest BCUT2D eigenvalue weighted by atomic mass is 9.91. The SMILES string of the molecule is OC[C@@H]1CCCN1[C@@H](c1ccccc1)c1c(O)ccc2ccccc12. The Morgan fingerprint density at radius 2 is 1.72 bits per heavy atom. The normalized spacial score (nSPS) is 19.3. The fourth-order valence-corrected chi connectivity index (χ4v) is 4.12. The number of aliphatic hydroxyl groups excluding tert-OH is 1. The number of rotatable bonds is 4. The van der Waals surface area contributed by atoms with E-state index in [4.69, 9.17) is 0 Å². The summed E-state index contributed by atoms with van der Waals surface area (Å²) in [5.41, 5.74) is 2.08. The maximum Gasteiger partial charge on any atom is 0.121 e. The van der Waals surface area contributed by atoms with Crippen LogP contribution in [0.1, 0.15) is 30.0 Å². The second-order valence-corrected chi connectivity index (χ2v) is 6.75. The molecule has 1 aliphatic heterocycles. The molecule has 0 spiro atoms. The van der Waals surface area contributed by atoms with E-state index in [0.717, 1.165) is 41.3 Å². The molecule has 3 nitrogen and oxygen atoms in total. The molecule has 1 saturated heterocycles. The Morgan fingerprint density at radius 3 is 2.52 bits per heavy atom. The molecule has 0 bridgehead atoms. The summed E-state index contributed by atoms with van der Waals surface area (Å²) >= 11 is 0. The number of benzene rings is 3. The minimum absolute atomic E-state index is 0.0630. The first-order chi connectivity index (χ1) is 12.3. The lowest BCUT2D eigenvalue weighted by Crippen LogP contribution is -2.36. The molecule has 0 saturated carbocycles. The summed E-state index contributed by atoms with van der Waals surface area (Å²) in [4.78, 5) is 2.34. The third kappa shape index (κ3) is 2.90. The molecule has 128 valence electrons. The van der Waals surface area contributed by atoms with Gasteiger partial charge in [0.25, 0.3) is 0 Å². The number of likely N-dealkylation sites (tertiary alicyclic amines) is 1. The Bertz CT molecular complexity index is 862. The number of phenols is 1. The Balaban J connectivity index is 1.94. The largest absolute Gasteiger partial charge is 0.508 e. The van der Waals surface area contributed by atoms with E-state index in [-0.39, 0.29) is 18.7 Å². The number of aromatic hydroxyl groups is 1. The van der Waals surface area contributed by atoms with Gasteiger partial charge in [-0.1, -0.05) is 60.7 Å². The molecule has 0 unspecified atom stereocenters. The lowest BCUT2D eigenvalue weighted by molar-refractivity contribution is 0.133. The molecule has 2 N–H and O–H groups in total. The number of nitrogens with zero attached hydrogens (tertiary/aromatic N) is 1. The second-order valence-electron chi connectivity index (χ2n) is 6.75. The fourth-order valence-electron chi connectivity index (χ4n) is 4.12. The van der Waals surface area contributed by atoms with Gasteiger partial charge in [0, 0.05) is 11.6 Å². The van der Waals surface area contributed by atoms with Gasteiger partial charge in [-0.3, -0.25) is 4.90 Å². The van der Waals surface area contributed by atoms with Crippen molar-refractivity contribution >= 4 is 10.8 Å². The molecule has 3 aromatic rings. The fraction of sp³-hybridized carbons (Fsp3) is 0.273. The smallest absolute Gasteiger partial charge is 0.121 e. The van der Waals surface area contributed by atoms with Gasteiger partial charge in [0.05, 0.1) is 12.6 Å². The number of phenolic OH excluding ortho intramolecular Hbond substituents is 1. The maximum absolute atomic E-state index is 10.8. The average Bonchev–Trinajstić information content (AvgIpc) is 3.13. The summed E-state index contributed by atoms with van der Waals surface area (Å²) in [6.45, 7) is 1.07. The third-order valence-electron chi connectivity index (χ3n) is 5.30. The predicted octanol–water partition coefficient (Wildman–Crippen LogP) is 4.09. The summed E-state index contributed by atoms with van der Waals surface area (Å²) in [6, 6.07) is 22.3. The maximum atomic E-state index is 10.8. The summed E-state index contributed by atoms with van der Waals surface area (Å²) in [5, 5.41) is 22.8. The highest BCUT2D eigenvalue weighted by Crippen LogP contribution is 2.41. The van der Waals surface area contributed by atoms with E-state index in [0.29, 0.717) is 5.75 Å². The van der Waals surface area contributed by atoms with Gasteiger partial charge >= 0.3 is 0 Å². The second kappa shape index (κ2) is 6.87. The van der Waals surface area contributed by atoms with Crippen molar-refractivity contribution in [1.82, 2.24) is 4.90 Å². The molecule has 25 heavy (non-hydrogen) atoms. The van der Waals surface area contributed by atoms with E-state index in [1.54, 1.807) is 6.07 Å². The zero-order valence-electron chi connectivity index (χ0n) is 14.2. The van der Waals surface area contributed by atoms with Crippen LogP contribution in [0.25, 0.3) is 10.8 Å². The molecule has 2 atom stereocenters. The molecule has 0 aliphatic carbocycles. The van der Waals surface area contributed by atoms with Crippen molar-refractivity contribution in [1.29, 1.82) is 0 Å². The van der Waals surface area contributed by atoms with Gasteiger partial charge in [-0.05, 0) is 41.8 Å². The Kier molecular flexibility index (Phi) is 4.43. The first-order valence-corrected chi connectivity index (χ1v) is 8.92. The lowest BCUT2D eigenvalue weighted by Gasteiger charge is -2.34. The van der Waals surface area contributed by atoms with Gasteiger partial charge in [-0.2, -0.15) is 0 Å². The Hall–Kier alpha value is -2.36. The molecule has 1 aliphatic rings. The highest BCUT2D eigenvalue weighted by atomic mass is 16.3. The van der Waals surface area contributed by atoms with Crippen molar-refractivity contribution in [2.45, 2.75) is 24.9 Å². The molecule has 4 rings (SSSR count). The van der Waals surface area contributed by atoms with Crippen LogP contribution in [0.15, 0.2) is 66.7 Å². The van der Waals surface area contributed by atoms with E-state index in [1.165, 1.54) is 0 Å². The van der Waals surface area contributed by atoms with Gasteiger partial charge < -0.3 is 10.2 Å². The zero-order chi connectivity index (χ0) is 17.2. The molecule has 3 aromatic carbocycles. The summed E-state index contributed by atoms with van der Waals surface area (Å²) in [7, 11) is 0. The van der Waals surface area contributed by atoms with E-state index in [2.05, 4.69) is 29.2 Å². The highest BCUT2D eigenvalue weighted by molar-refractivity contribution is 5.88. The third-order valence-corrected chi connectivity index (χ3v) is 5.30. The summed E-state index contributed by atoms with van der Waals surface area (Å²) in [6.07, 6.45) is 2.06. The van der Waals surface area contributed by atoms with Gasteiger partial charge in [-0.15, -0.1) is 0 Å². The number of hydrogen-bond acceptors (Lipinski definition) is 3. The van der Waals surface area contributed by atoms with Crippen molar-refractivity contribution < 1.29 is 10.2 Å². The van der Waals surface area contributed by atoms with E-state index >= 15 is 0 Å². The van der Waals surface area contributed by atoms with Gasteiger partial charge in [-0.25, -0.2) is 0 Å². The quantitative estimate of drug-likeness (QED) is 0.756. The molecule has 0 amide bonds. The average molecular weight is 333 g/mol. The van der Waals surface area contributed by atoms with Crippen LogP contribution in [0.3, 0.4) is 0 Å². The van der Waals surface area contributed by atoms with Gasteiger partial charge in [0.1, 0.15) is 5.75 Å². The molecule has 0 radical (unpaired) electrons. The van der Waals surface area contributed by atoms with Gasteiger partial charge in [0.2, 0.25) is 0 Å². The first-order valence-electron chi connectivity index (χ1n) is 8.92. The number of aliphatic hydroxyl groups is 1. The highest BCUT2D eigenvalue weighted by Gasteiger charge is 2.34. The Morgan fingerprint density at radius 1 is 0.960 bits per heavy atom. The van der Waals surface area contributed by atoms with E-state index < -0.39 is 0 Å².